The molecule has 0 fully saturated rings. The highest BCUT2D eigenvalue weighted by molar-refractivity contribution is 6.18. The van der Waals surface area contributed by atoms with Crippen LogP contribution in [0.5, 0.6) is 5.75 Å². The van der Waals surface area contributed by atoms with Gasteiger partial charge in [-0.1, -0.05) is 11.8 Å². The standard InChI is InChI=1S/C12H14ClNO2/c1-2-15-10-16-12-7-11(8-14-9-12)5-3-4-6-13/h7-9H,2,4,6,10H2,1H3. The summed E-state index contributed by atoms with van der Waals surface area (Å²) in [7, 11) is 0. The van der Waals surface area contributed by atoms with Gasteiger partial charge in [0, 0.05) is 30.7 Å². The molecule has 0 aliphatic heterocycles. The van der Waals surface area contributed by atoms with Crippen LogP contribution in [0.2, 0.25) is 0 Å². The maximum atomic E-state index is 5.52. The molecule has 0 aliphatic carbocycles. The number of pyridine rings is 1. The van der Waals surface area contributed by atoms with Crippen molar-refractivity contribution in [2.75, 3.05) is 19.3 Å². The first-order valence-electron chi connectivity index (χ1n) is 5.07. The summed E-state index contributed by atoms with van der Waals surface area (Å²) >= 11 is 5.52. The second kappa shape index (κ2) is 7.98. The van der Waals surface area contributed by atoms with Crippen molar-refractivity contribution in [1.82, 2.24) is 4.98 Å². The number of rotatable bonds is 5. The molecule has 4 heteroatoms. The zero-order valence-corrected chi connectivity index (χ0v) is 9.96. The highest BCUT2D eigenvalue weighted by atomic mass is 35.5. The number of nitrogens with zero attached hydrogens (tertiary/aromatic N) is 1. The highest BCUT2D eigenvalue weighted by Gasteiger charge is 1.95. The molecule has 1 heterocycles. The molecule has 1 rings (SSSR count). The number of aromatic nitrogens is 1. The predicted molar refractivity (Wildman–Crippen MR) is 63.6 cm³/mol. The lowest BCUT2D eigenvalue weighted by Crippen LogP contribution is -2.02. The lowest BCUT2D eigenvalue weighted by atomic mass is 10.3. The Kier molecular flexibility index (Phi) is 6.39. The van der Waals surface area contributed by atoms with E-state index < -0.39 is 0 Å². The Hall–Kier alpha value is -1.24. The van der Waals surface area contributed by atoms with E-state index in [9.17, 15) is 0 Å². The van der Waals surface area contributed by atoms with E-state index in [1.807, 2.05) is 13.0 Å². The molecule has 0 N–H and O–H groups in total. The van der Waals surface area contributed by atoms with Gasteiger partial charge in [0.2, 0.25) is 0 Å². The van der Waals surface area contributed by atoms with Crippen LogP contribution in [0, 0.1) is 11.8 Å². The zero-order valence-electron chi connectivity index (χ0n) is 9.20. The van der Waals surface area contributed by atoms with Gasteiger partial charge >= 0.3 is 0 Å². The van der Waals surface area contributed by atoms with Crippen molar-refractivity contribution in [3.8, 4) is 17.6 Å². The summed E-state index contributed by atoms with van der Waals surface area (Å²) in [6.07, 6.45) is 3.99. The van der Waals surface area contributed by atoms with Crippen molar-refractivity contribution in [3.63, 3.8) is 0 Å². The Bertz CT molecular complexity index is 371. The van der Waals surface area contributed by atoms with Gasteiger partial charge in [0.15, 0.2) is 6.79 Å². The fourth-order valence-electron chi connectivity index (χ4n) is 0.971. The molecular weight excluding hydrogens is 226 g/mol. The number of alkyl halides is 1. The van der Waals surface area contributed by atoms with Crippen molar-refractivity contribution in [2.45, 2.75) is 13.3 Å². The van der Waals surface area contributed by atoms with Crippen LogP contribution in [0.4, 0.5) is 0 Å². The largest absolute Gasteiger partial charge is 0.466 e. The van der Waals surface area contributed by atoms with Crippen molar-refractivity contribution in [2.24, 2.45) is 0 Å². The van der Waals surface area contributed by atoms with E-state index in [0.29, 0.717) is 24.7 Å². The molecule has 0 spiro atoms. The average Bonchev–Trinajstić information content (AvgIpc) is 2.30. The van der Waals surface area contributed by atoms with Crippen LogP contribution in [0.3, 0.4) is 0 Å². The molecule has 16 heavy (non-hydrogen) atoms. The molecule has 0 saturated carbocycles. The molecule has 0 atom stereocenters. The van der Waals surface area contributed by atoms with E-state index in [2.05, 4.69) is 16.8 Å². The second-order valence-corrected chi connectivity index (χ2v) is 3.28. The normalized spacial score (nSPS) is 9.38. The van der Waals surface area contributed by atoms with Crippen LogP contribution in [-0.2, 0) is 4.74 Å². The van der Waals surface area contributed by atoms with Gasteiger partial charge in [-0.2, -0.15) is 0 Å². The Labute approximate surface area is 101 Å². The average molecular weight is 240 g/mol. The number of halogens is 1. The molecular formula is C12H14ClNO2. The van der Waals surface area contributed by atoms with E-state index in [1.54, 1.807) is 12.4 Å². The van der Waals surface area contributed by atoms with Crippen molar-refractivity contribution in [3.05, 3.63) is 24.0 Å². The third-order valence-electron chi connectivity index (χ3n) is 1.68. The van der Waals surface area contributed by atoms with Gasteiger partial charge in [-0.05, 0) is 13.0 Å². The van der Waals surface area contributed by atoms with Crippen molar-refractivity contribution in [1.29, 1.82) is 0 Å². The van der Waals surface area contributed by atoms with E-state index in [4.69, 9.17) is 21.1 Å². The fourth-order valence-corrected chi connectivity index (χ4v) is 1.07. The first kappa shape index (κ1) is 12.8. The molecule has 0 unspecified atom stereocenters. The molecule has 0 saturated heterocycles. The molecule has 0 radical (unpaired) electrons. The van der Waals surface area contributed by atoms with Crippen LogP contribution < -0.4 is 4.74 Å². The van der Waals surface area contributed by atoms with Crippen molar-refractivity contribution >= 4 is 11.6 Å². The van der Waals surface area contributed by atoms with Crippen LogP contribution in [0.15, 0.2) is 18.5 Å². The zero-order chi connectivity index (χ0) is 11.6. The third-order valence-corrected chi connectivity index (χ3v) is 1.87. The number of ether oxygens (including phenoxy) is 2. The first-order valence-corrected chi connectivity index (χ1v) is 5.60. The maximum Gasteiger partial charge on any atom is 0.189 e. The minimum absolute atomic E-state index is 0.233. The first-order chi connectivity index (χ1) is 7.86. The molecule has 1 aromatic rings. The SMILES string of the molecule is CCOCOc1cncc(C#CCCCl)c1. The summed E-state index contributed by atoms with van der Waals surface area (Å²) in [5, 5.41) is 0. The molecule has 86 valence electrons. The summed E-state index contributed by atoms with van der Waals surface area (Å²) in [5.74, 6) is 7.10. The van der Waals surface area contributed by atoms with Gasteiger partial charge < -0.3 is 9.47 Å². The number of hydrogen-bond donors (Lipinski definition) is 0. The maximum absolute atomic E-state index is 5.52. The summed E-state index contributed by atoms with van der Waals surface area (Å²) in [6.45, 7) is 2.77. The minimum Gasteiger partial charge on any atom is -0.466 e. The Morgan fingerprint density at radius 1 is 1.44 bits per heavy atom. The summed E-state index contributed by atoms with van der Waals surface area (Å²) in [5.41, 5.74) is 0.819. The predicted octanol–water partition coefficient (Wildman–Crippen LogP) is 2.43. The monoisotopic (exact) mass is 239 g/mol. The van der Waals surface area contributed by atoms with Gasteiger partial charge in [0.25, 0.3) is 0 Å². The number of hydrogen-bond acceptors (Lipinski definition) is 3. The Morgan fingerprint density at radius 3 is 3.06 bits per heavy atom. The minimum atomic E-state index is 0.233. The van der Waals surface area contributed by atoms with E-state index >= 15 is 0 Å². The topological polar surface area (TPSA) is 31.4 Å². The summed E-state index contributed by atoms with van der Waals surface area (Å²) < 4.78 is 10.4. The molecule has 0 bridgehead atoms. The molecule has 0 aromatic carbocycles. The molecule has 0 amide bonds. The van der Waals surface area contributed by atoms with Crippen LogP contribution in [-0.4, -0.2) is 24.3 Å². The third kappa shape index (κ3) is 5.01. The van der Waals surface area contributed by atoms with E-state index in [0.717, 1.165) is 5.56 Å². The second-order valence-electron chi connectivity index (χ2n) is 2.91. The quantitative estimate of drug-likeness (QED) is 0.342. The van der Waals surface area contributed by atoms with Crippen LogP contribution in [0.1, 0.15) is 18.9 Å². The lowest BCUT2D eigenvalue weighted by molar-refractivity contribution is 0.0222. The molecule has 0 aliphatic rings. The van der Waals surface area contributed by atoms with Crippen LogP contribution >= 0.6 is 11.6 Å². The van der Waals surface area contributed by atoms with E-state index in [1.165, 1.54) is 0 Å². The molecule has 1 aromatic heterocycles. The van der Waals surface area contributed by atoms with E-state index in [-0.39, 0.29) is 6.79 Å². The highest BCUT2D eigenvalue weighted by Crippen LogP contribution is 2.10. The summed E-state index contributed by atoms with van der Waals surface area (Å²) in [6, 6.07) is 1.83. The summed E-state index contributed by atoms with van der Waals surface area (Å²) in [4.78, 5) is 4.03. The molecule has 3 nitrogen and oxygen atoms in total. The van der Waals surface area contributed by atoms with Gasteiger partial charge in [0.1, 0.15) is 5.75 Å². The van der Waals surface area contributed by atoms with Gasteiger partial charge in [-0.25, -0.2) is 0 Å². The van der Waals surface area contributed by atoms with Crippen LogP contribution in [0.25, 0.3) is 0 Å². The Balaban J connectivity index is 2.54. The smallest absolute Gasteiger partial charge is 0.189 e. The fraction of sp³-hybridized carbons (Fsp3) is 0.417. The van der Waals surface area contributed by atoms with Gasteiger partial charge in [-0.3, -0.25) is 4.98 Å². The Morgan fingerprint density at radius 2 is 2.31 bits per heavy atom. The van der Waals surface area contributed by atoms with Gasteiger partial charge in [-0.15, -0.1) is 11.6 Å². The van der Waals surface area contributed by atoms with Crippen molar-refractivity contribution < 1.29 is 9.47 Å². The lowest BCUT2D eigenvalue weighted by Gasteiger charge is -2.04. The van der Waals surface area contributed by atoms with Gasteiger partial charge in [0.05, 0.1) is 6.20 Å².